The number of non-ortho nitro benzene ring substituents is 1. The van der Waals surface area contributed by atoms with Gasteiger partial charge in [0.2, 0.25) is 5.91 Å². The first-order valence-corrected chi connectivity index (χ1v) is 8.93. The minimum absolute atomic E-state index is 0.0355. The Hall–Kier alpha value is -3.13. The van der Waals surface area contributed by atoms with E-state index in [1.54, 1.807) is 32.3 Å². The summed E-state index contributed by atoms with van der Waals surface area (Å²) in [4.78, 5) is 28.1. The quantitative estimate of drug-likeness (QED) is 0.320. The minimum Gasteiger partial charge on any atom is -0.352 e. The Balaban J connectivity index is 2.04. The maximum Gasteiger partial charge on any atom is 0.269 e. The Kier molecular flexibility index (Phi) is 7.76. The van der Waals surface area contributed by atoms with E-state index in [4.69, 9.17) is 11.6 Å². The van der Waals surface area contributed by atoms with Gasteiger partial charge in [-0.25, -0.2) is 4.99 Å². The summed E-state index contributed by atoms with van der Waals surface area (Å²) in [6, 6.07) is 13.6. The number of benzene rings is 2. The molecule has 8 nitrogen and oxygen atoms in total. The van der Waals surface area contributed by atoms with E-state index in [9.17, 15) is 14.9 Å². The Morgan fingerprint density at radius 3 is 2.46 bits per heavy atom. The normalized spacial score (nSPS) is 11.0. The predicted molar refractivity (Wildman–Crippen MR) is 109 cm³/mol. The molecule has 0 aliphatic heterocycles. The molecule has 0 unspecified atom stereocenters. The van der Waals surface area contributed by atoms with Crippen molar-refractivity contribution in [3.05, 3.63) is 74.8 Å². The van der Waals surface area contributed by atoms with Crippen LogP contribution < -0.4 is 10.6 Å². The van der Waals surface area contributed by atoms with Crippen molar-refractivity contribution in [1.82, 2.24) is 15.5 Å². The summed E-state index contributed by atoms with van der Waals surface area (Å²) in [6.07, 6.45) is 0. The number of nitro groups is 1. The third-order valence-electron chi connectivity index (χ3n) is 3.82. The number of nitrogens with one attached hydrogen (secondary N) is 2. The van der Waals surface area contributed by atoms with Gasteiger partial charge in [-0.05, 0) is 23.3 Å². The fraction of sp³-hybridized carbons (Fsp3) is 0.263. The SMILES string of the molecule is CN(C)C(=O)CNC(=NCc1cccc(Cl)c1)NCc1ccc([N+](=O)[O-])cc1. The molecule has 0 fully saturated rings. The molecule has 28 heavy (non-hydrogen) atoms. The van der Waals surface area contributed by atoms with Crippen LogP contribution in [0.4, 0.5) is 5.69 Å². The van der Waals surface area contributed by atoms with Crippen LogP contribution >= 0.6 is 11.6 Å². The largest absolute Gasteiger partial charge is 0.352 e. The molecule has 2 N–H and O–H groups in total. The number of carbonyl (C=O) groups is 1. The third kappa shape index (κ3) is 6.88. The summed E-state index contributed by atoms with van der Waals surface area (Å²) in [5, 5.41) is 17.5. The van der Waals surface area contributed by atoms with E-state index in [2.05, 4.69) is 15.6 Å². The maximum atomic E-state index is 11.8. The zero-order valence-corrected chi connectivity index (χ0v) is 16.4. The Morgan fingerprint density at radius 1 is 1.14 bits per heavy atom. The summed E-state index contributed by atoms with van der Waals surface area (Å²) < 4.78 is 0. The number of guanidine groups is 1. The van der Waals surface area contributed by atoms with E-state index < -0.39 is 4.92 Å². The highest BCUT2D eigenvalue weighted by Crippen LogP contribution is 2.12. The first-order chi connectivity index (χ1) is 13.3. The lowest BCUT2D eigenvalue weighted by Crippen LogP contribution is -2.42. The lowest BCUT2D eigenvalue weighted by atomic mass is 10.2. The lowest BCUT2D eigenvalue weighted by molar-refractivity contribution is -0.384. The van der Waals surface area contributed by atoms with Crippen LogP contribution in [0.15, 0.2) is 53.5 Å². The van der Waals surface area contributed by atoms with Gasteiger partial charge in [0, 0.05) is 37.8 Å². The van der Waals surface area contributed by atoms with E-state index in [-0.39, 0.29) is 18.1 Å². The number of hydrogen-bond acceptors (Lipinski definition) is 4. The molecule has 0 saturated carbocycles. The van der Waals surface area contributed by atoms with Gasteiger partial charge in [-0.15, -0.1) is 0 Å². The van der Waals surface area contributed by atoms with Crippen molar-refractivity contribution in [3.63, 3.8) is 0 Å². The van der Waals surface area contributed by atoms with E-state index in [0.717, 1.165) is 11.1 Å². The van der Waals surface area contributed by atoms with E-state index in [1.165, 1.54) is 17.0 Å². The second-order valence-corrected chi connectivity index (χ2v) is 6.65. The van der Waals surface area contributed by atoms with Crippen LogP contribution in [0.2, 0.25) is 5.02 Å². The second-order valence-electron chi connectivity index (χ2n) is 6.21. The average Bonchev–Trinajstić information content (AvgIpc) is 2.67. The highest BCUT2D eigenvalue weighted by molar-refractivity contribution is 6.30. The van der Waals surface area contributed by atoms with Gasteiger partial charge in [0.15, 0.2) is 5.96 Å². The number of likely N-dealkylation sites (N-methyl/N-ethyl adjacent to an activating group) is 1. The fourth-order valence-corrected chi connectivity index (χ4v) is 2.43. The van der Waals surface area contributed by atoms with Crippen LogP contribution in [0.1, 0.15) is 11.1 Å². The topological polar surface area (TPSA) is 99.9 Å². The van der Waals surface area contributed by atoms with Gasteiger partial charge in [0.25, 0.3) is 5.69 Å². The molecule has 0 radical (unpaired) electrons. The molecule has 2 aromatic rings. The average molecular weight is 404 g/mol. The summed E-state index contributed by atoms with van der Waals surface area (Å²) in [6.45, 7) is 0.872. The molecule has 0 bridgehead atoms. The number of carbonyl (C=O) groups excluding carboxylic acids is 1. The number of aliphatic imine (C=N–C) groups is 1. The van der Waals surface area contributed by atoms with Gasteiger partial charge in [0.1, 0.15) is 0 Å². The van der Waals surface area contributed by atoms with Gasteiger partial charge in [0.05, 0.1) is 18.0 Å². The molecule has 0 saturated heterocycles. The first-order valence-electron chi connectivity index (χ1n) is 8.55. The van der Waals surface area contributed by atoms with E-state index in [1.807, 2.05) is 18.2 Å². The van der Waals surface area contributed by atoms with Crippen LogP contribution in [0.3, 0.4) is 0 Å². The lowest BCUT2D eigenvalue weighted by Gasteiger charge is -2.15. The van der Waals surface area contributed by atoms with Crippen LogP contribution in [0.5, 0.6) is 0 Å². The summed E-state index contributed by atoms with van der Waals surface area (Å²) in [5.41, 5.74) is 1.82. The van der Waals surface area contributed by atoms with Crippen LogP contribution in [-0.4, -0.2) is 42.3 Å². The number of hydrogen-bond donors (Lipinski definition) is 2. The van der Waals surface area contributed by atoms with Crippen molar-refractivity contribution in [2.45, 2.75) is 13.1 Å². The van der Waals surface area contributed by atoms with E-state index >= 15 is 0 Å². The molecule has 0 aliphatic carbocycles. The number of halogens is 1. The standard InChI is InChI=1S/C19H22ClN5O3/c1-24(2)18(26)13-23-19(22-12-15-4-3-5-16(20)10-15)21-11-14-6-8-17(9-7-14)25(27)28/h3-10H,11-13H2,1-2H3,(H2,21,22,23). The van der Waals surface area contributed by atoms with Crippen LogP contribution in [-0.2, 0) is 17.9 Å². The number of rotatable bonds is 7. The molecule has 148 valence electrons. The van der Waals surface area contributed by atoms with Gasteiger partial charge >= 0.3 is 0 Å². The first kappa shape index (κ1) is 21.2. The zero-order valence-electron chi connectivity index (χ0n) is 15.7. The molecule has 2 rings (SSSR count). The van der Waals surface area contributed by atoms with Crippen LogP contribution in [0.25, 0.3) is 0 Å². The summed E-state index contributed by atoms with van der Waals surface area (Å²) >= 11 is 6.00. The zero-order chi connectivity index (χ0) is 20.5. The van der Waals surface area contributed by atoms with Gasteiger partial charge in [-0.1, -0.05) is 35.9 Å². The molecular weight excluding hydrogens is 382 g/mol. The third-order valence-corrected chi connectivity index (χ3v) is 4.06. The number of nitrogens with zero attached hydrogens (tertiary/aromatic N) is 3. The predicted octanol–water partition coefficient (Wildman–Crippen LogP) is 2.57. The molecule has 0 heterocycles. The van der Waals surface area contributed by atoms with Gasteiger partial charge < -0.3 is 15.5 Å². The molecule has 1 amide bonds. The van der Waals surface area contributed by atoms with Crippen LogP contribution in [0, 0.1) is 10.1 Å². The monoisotopic (exact) mass is 403 g/mol. The van der Waals surface area contributed by atoms with Gasteiger partial charge in [-0.3, -0.25) is 14.9 Å². The highest BCUT2D eigenvalue weighted by Gasteiger charge is 2.07. The Labute approximate surface area is 168 Å². The van der Waals surface area contributed by atoms with Crippen molar-refractivity contribution < 1.29 is 9.72 Å². The summed E-state index contributed by atoms with van der Waals surface area (Å²) in [5.74, 6) is 0.362. The Morgan fingerprint density at radius 2 is 1.86 bits per heavy atom. The highest BCUT2D eigenvalue weighted by atomic mass is 35.5. The van der Waals surface area contributed by atoms with Gasteiger partial charge in [-0.2, -0.15) is 0 Å². The number of amides is 1. The molecule has 2 aromatic carbocycles. The fourth-order valence-electron chi connectivity index (χ4n) is 2.22. The van der Waals surface area contributed by atoms with E-state index in [0.29, 0.717) is 24.1 Å². The molecule has 0 aliphatic rings. The van der Waals surface area contributed by atoms with Crippen molar-refractivity contribution in [3.8, 4) is 0 Å². The molecule has 0 aromatic heterocycles. The van der Waals surface area contributed by atoms with Crippen molar-refractivity contribution in [2.24, 2.45) is 4.99 Å². The van der Waals surface area contributed by atoms with Crippen molar-refractivity contribution >= 4 is 29.2 Å². The molecule has 0 spiro atoms. The van der Waals surface area contributed by atoms with Crippen molar-refractivity contribution in [2.75, 3.05) is 20.6 Å². The Bertz CT molecular complexity index is 853. The molecular formula is C19H22ClN5O3. The minimum atomic E-state index is -0.441. The summed E-state index contributed by atoms with van der Waals surface area (Å²) in [7, 11) is 3.36. The smallest absolute Gasteiger partial charge is 0.269 e. The molecule has 0 atom stereocenters. The molecule has 9 heteroatoms. The maximum absolute atomic E-state index is 11.8. The second kappa shape index (κ2) is 10.3. The van der Waals surface area contributed by atoms with Crippen molar-refractivity contribution in [1.29, 1.82) is 0 Å². The number of nitro benzene ring substituents is 1.